The van der Waals surface area contributed by atoms with Gasteiger partial charge in [0.15, 0.2) is 0 Å². The van der Waals surface area contributed by atoms with E-state index in [-0.39, 0.29) is 5.91 Å². The summed E-state index contributed by atoms with van der Waals surface area (Å²) in [6.45, 7) is 0. The first kappa shape index (κ1) is 19.7. The molecule has 4 rings (SSSR count). The van der Waals surface area contributed by atoms with Crippen LogP contribution in [0.5, 0.6) is 11.5 Å². The van der Waals surface area contributed by atoms with Gasteiger partial charge in [-0.1, -0.05) is 30.3 Å². The van der Waals surface area contributed by atoms with Gasteiger partial charge in [-0.3, -0.25) is 4.79 Å². The number of benzene rings is 3. The van der Waals surface area contributed by atoms with Crippen molar-refractivity contribution in [3.63, 3.8) is 0 Å². The van der Waals surface area contributed by atoms with Crippen LogP contribution in [0.25, 0.3) is 22.0 Å². The summed E-state index contributed by atoms with van der Waals surface area (Å²) >= 11 is 1.52. The van der Waals surface area contributed by atoms with E-state index in [1.807, 2.05) is 60.7 Å². The Morgan fingerprint density at radius 3 is 2.47 bits per heavy atom. The molecule has 1 heterocycles. The van der Waals surface area contributed by atoms with Crippen LogP contribution in [0.2, 0.25) is 0 Å². The Hall–Kier alpha value is -3.64. The molecule has 3 aromatic carbocycles. The zero-order valence-electron chi connectivity index (χ0n) is 16.6. The van der Waals surface area contributed by atoms with Crippen molar-refractivity contribution in [1.29, 1.82) is 0 Å². The first-order valence-corrected chi connectivity index (χ1v) is 10.2. The Balaban J connectivity index is 1.79. The topological polar surface area (TPSA) is 60.5 Å². The molecule has 0 bridgehead atoms. The van der Waals surface area contributed by atoms with Gasteiger partial charge in [0.1, 0.15) is 16.5 Å². The second-order valence-corrected chi connectivity index (χ2v) is 7.50. The Morgan fingerprint density at radius 2 is 1.73 bits per heavy atom. The molecule has 0 fully saturated rings. The molecule has 0 aliphatic carbocycles. The third kappa shape index (κ3) is 4.18. The van der Waals surface area contributed by atoms with Gasteiger partial charge in [0.05, 0.1) is 30.1 Å². The normalized spacial score (nSPS) is 11.3. The van der Waals surface area contributed by atoms with Gasteiger partial charge in [-0.25, -0.2) is 4.98 Å². The number of carbonyl (C=O) groups is 1. The van der Waals surface area contributed by atoms with Crippen LogP contribution in [0.15, 0.2) is 72.8 Å². The monoisotopic (exact) mass is 416 g/mol. The lowest BCUT2D eigenvalue weighted by molar-refractivity contribution is 0.0974. The first-order chi connectivity index (χ1) is 14.7. The molecule has 0 saturated heterocycles. The highest BCUT2D eigenvalue weighted by atomic mass is 32.1. The maximum atomic E-state index is 12.9. The average molecular weight is 417 g/mol. The highest BCUT2D eigenvalue weighted by molar-refractivity contribution is 7.19. The fourth-order valence-electron chi connectivity index (χ4n) is 3.02. The highest BCUT2D eigenvalue weighted by Crippen LogP contribution is 2.31. The SMILES string of the molecule is COc1ccc(/C=C(\NC(=O)c2ccccc2)c2nc3ccccc3s2)c(OC)c1. The van der Waals surface area contributed by atoms with Crippen LogP contribution >= 0.6 is 11.3 Å². The Kier molecular flexibility index (Phi) is 5.77. The average Bonchev–Trinajstić information content (AvgIpc) is 3.23. The summed E-state index contributed by atoms with van der Waals surface area (Å²) < 4.78 is 11.9. The Morgan fingerprint density at radius 1 is 0.967 bits per heavy atom. The Bertz CT molecular complexity index is 1180. The molecular weight excluding hydrogens is 396 g/mol. The molecule has 5 nitrogen and oxygen atoms in total. The maximum absolute atomic E-state index is 12.9. The third-order valence-corrected chi connectivity index (χ3v) is 5.62. The van der Waals surface area contributed by atoms with E-state index in [1.165, 1.54) is 11.3 Å². The summed E-state index contributed by atoms with van der Waals surface area (Å²) in [5, 5.41) is 3.74. The molecule has 1 N–H and O–H groups in total. The van der Waals surface area contributed by atoms with E-state index in [9.17, 15) is 4.79 Å². The van der Waals surface area contributed by atoms with Crippen molar-refractivity contribution in [3.05, 3.63) is 88.9 Å². The van der Waals surface area contributed by atoms with E-state index >= 15 is 0 Å². The van der Waals surface area contributed by atoms with Crippen LogP contribution in [-0.4, -0.2) is 25.1 Å². The number of thiazole rings is 1. The van der Waals surface area contributed by atoms with Crippen LogP contribution in [-0.2, 0) is 0 Å². The number of aromatic nitrogens is 1. The molecule has 0 saturated carbocycles. The summed E-state index contributed by atoms with van der Waals surface area (Å²) in [5.41, 5.74) is 2.87. The van der Waals surface area contributed by atoms with Crippen molar-refractivity contribution in [3.8, 4) is 11.5 Å². The van der Waals surface area contributed by atoms with Crippen molar-refractivity contribution in [2.75, 3.05) is 14.2 Å². The number of para-hydroxylation sites is 1. The van der Waals surface area contributed by atoms with Gasteiger partial charge in [0, 0.05) is 17.2 Å². The number of carbonyl (C=O) groups excluding carboxylic acids is 1. The summed E-state index contributed by atoms with van der Waals surface area (Å²) in [5.74, 6) is 1.13. The van der Waals surface area contributed by atoms with Crippen LogP contribution < -0.4 is 14.8 Å². The largest absolute Gasteiger partial charge is 0.497 e. The summed E-state index contributed by atoms with van der Waals surface area (Å²) in [4.78, 5) is 17.6. The van der Waals surface area contributed by atoms with Gasteiger partial charge in [-0.05, 0) is 42.5 Å². The molecule has 30 heavy (non-hydrogen) atoms. The number of hydrogen-bond donors (Lipinski definition) is 1. The Labute approximate surface area is 178 Å². The molecule has 0 aliphatic rings. The second-order valence-electron chi connectivity index (χ2n) is 6.47. The summed E-state index contributed by atoms with van der Waals surface area (Å²) in [7, 11) is 3.21. The number of nitrogens with one attached hydrogen (secondary N) is 1. The molecule has 0 unspecified atom stereocenters. The first-order valence-electron chi connectivity index (χ1n) is 9.34. The number of hydrogen-bond acceptors (Lipinski definition) is 5. The molecule has 1 amide bonds. The molecule has 1 aromatic heterocycles. The minimum atomic E-state index is -0.200. The highest BCUT2D eigenvalue weighted by Gasteiger charge is 2.15. The molecule has 0 aliphatic heterocycles. The smallest absolute Gasteiger partial charge is 0.255 e. The fraction of sp³-hybridized carbons (Fsp3) is 0.0833. The quantitative estimate of drug-likeness (QED) is 0.467. The van der Waals surface area contributed by atoms with Crippen molar-refractivity contribution >= 4 is 39.2 Å². The van der Waals surface area contributed by atoms with Crippen LogP contribution in [0, 0.1) is 0 Å². The van der Waals surface area contributed by atoms with Gasteiger partial charge in [-0.2, -0.15) is 0 Å². The molecule has 0 atom stereocenters. The van der Waals surface area contributed by atoms with Crippen molar-refractivity contribution < 1.29 is 14.3 Å². The number of fused-ring (bicyclic) bond motifs is 1. The zero-order valence-corrected chi connectivity index (χ0v) is 17.4. The molecular formula is C24H20N2O3S. The standard InChI is InChI=1S/C24H20N2O3S/c1-28-18-13-12-17(21(15-18)29-2)14-20(25-23(27)16-8-4-3-5-9-16)24-26-19-10-6-7-11-22(19)30-24/h3-15H,1-2H3,(H,25,27)/b20-14-. The minimum Gasteiger partial charge on any atom is -0.497 e. The number of nitrogens with zero attached hydrogens (tertiary/aromatic N) is 1. The van der Waals surface area contributed by atoms with Crippen LogP contribution in [0.1, 0.15) is 20.9 Å². The number of ether oxygens (including phenoxy) is 2. The van der Waals surface area contributed by atoms with E-state index in [0.29, 0.717) is 22.8 Å². The van der Waals surface area contributed by atoms with Crippen molar-refractivity contribution in [2.24, 2.45) is 0 Å². The van der Waals surface area contributed by atoms with Gasteiger partial charge < -0.3 is 14.8 Å². The lowest BCUT2D eigenvalue weighted by Gasteiger charge is -2.11. The molecule has 0 spiro atoms. The number of amides is 1. The summed E-state index contributed by atoms with van der Waals surface area (Å²) in [6, 6.07) is 22.5. The minimum absolute atomic E-state index is 0.200. The predicted octanol–water partition coefficient (Wildman–Crippen LogP) is 5.24. The lowest BCUT2D eigenvalue weighted by Crippen LogP contribution is -2.21. The van der Waals surface area contributed by atoms with E-state index in [0.717, 1.165) is 20.8 Å². The number of methoxy groups -OCH3 is 2. The summed E-state index contributed by atoms with van der Waals surface area (Å²) in [6.07, 6.45) is 1.87. The number of rotatable bonds is 6. The van der Waals surface area contributed by atoms with Gasteiger partial charge >= 0.3 is 0 Å². The van der Waals surface area contributed by atoms with Crippen LogP contribution in [0.3, 0.4) is 0 Å². The van der Waals surface area contributed by atoms with E-state index in [2.05, 4.69) is 5.32 Å². The fourth-order valence-corrected chi connectivity index (χ4v) is 3.95. The van der Waals surface area contributed by atoms with Gasteiger partial charge in [0.25, 0.3) is 5.91 Å². The van der Waals surface area contributed by atoms with Gasteiger partial charge in [0.2, 0.25) is 0 Å². The van der Waals surface area contributed by atoms with E-state index in [4.69, 9.17) is 14.5 Å². The van der Waals surface area contributed by atoms with E-state index < -0.39 is 0 Å². The zero-order chi connectivity index (χ0) is 20.9. The predicted molar refractivity (Wildman–Crippen MR) is 121 cm³/mol. The molecule has 0 radical (unpaired) electrons. The lowest BCUT2D eigenvalue weighted by atomic mass is 10.1. The molecule has 4 aromatic rings. The second kappa shape index (κ2) is 8.80. The van der Waals surface area contributed by atoms with Crippen molar-refractivity contribution in [2.45, 2.75) is 0 Å². The molecule has 6 heteroatoms. The molecule has 150 valence electrons. The maximum Gasteiger partial charge on any atom is 0.255 e. The van der Waals surface area contributed by atoms with Crippen LogP contribution in [0.4, 0.5) is 0 Å². The van der Waals surface area contributed by atoms with E-state index in [1.54, 1.807) is 32.4 Å². The van der Waals surface area contributed by atoms with Gasteiger partial charge in [-0.15, -0.1) is 11.3 Å². The van der Waals surface area contributed by atoms with Crippen molar-refractivity contribution in [1.82, 2.24) is 10.3 Å². The third-order valence-electron chi connectivity index (χ3n) is 4.55.